The number of carbonyl (C=O) groups excluding carboxylic acids is 5. The van der Waals surface area contributed by atoms with Crippen molar-refractivity contribution in [3.63, 3.8) is 0 Å². The zero-order valence-electron chi connectivity index (χ0n) is 39.6. The van der Waals surface area contributed by atoms with Gasteiger partial charge in [0.1, 0.15) is 23.9 Å². The van der Waals surface area contributed by atoms with E-state index in [1.165, 1.54) is 22.4 Å². The van der Waals surface area contributed by atoms with E-state index in [9.17, 15) is 24.0 Å². The number of nitrogens with zero attached hydrogens (tertiary/aromatic N) is 5. The number of pyridine rings is 1. The monoisotopic (exact) mass is 890 g/mol. The van der Waals surface area contributed by atoms with Gasteiger partial charge in [-0.15, -0.1) is 0 Å². The van der Waals surface area contributed by atoms with Crippen molar-refractivity contribution in [1.29, 1.82) is 0 Å². The molecule has 2 N–H and O–H groups in total. The third kappa shape index (κ3) is 9.90. The normalized spacial score (nSPS) is 22.3. The Bertz CT molecular complexity index is 2430. The molecule has 3 aliphatic heterocycles. The number of hydrogen-bond acceptors (Lipinski definition) is 9. The van der Waals surface area contributed by atoms with Gasteiger partial charge >= 0.3 is 0 Å². The SMILES string of the molecule is CCn1c(-c2cccnc2[C@H](C)OC)c2c3cc(ccc31)-c1cccc(c1)C[C@H](NC(=O)[C@H](C(C)C)N(C)C(=O)[C@H]1CCN(C(C)=O)C1)C(=O)N1CCCC(C=O)(COCC(C)(C)C2)N1. The molecule has 0 radical (unpaired) electrons. The molecule has 7 rings (SSSR count). The van der Waals surface area contributed by atoms with E-state index >= 15 is 0 Å². The highest BCUT2D eigenvalue weighted by Gasteiger charge is 2.42. The van der Waals surface area contributed by atoms with E-state index in [2.05, 4.69) is 72.5 Å². The number of carbonyl (C=O) groups is 5. The second kappa shape index (κ2) is 19.6. The van der Waals surface area contributed by atoms with Crippen LogP contribution in [0.5, 0.6) is 0 Å². The van der Waals surface area contributed by atoms with Crippen molar-refractivity contribution < 1.29 is 33.4 Å². The van der Waals surface area contributed by atoms with Crippen LogP contribution in [0.2, 0.25) is 0 Å². The largest absolute Gasteiger partial charge is 0.378 e. The molecule has 5 heterocycles. The Balaban J connectivity index is 1.31. The molecule has 2 saturated heterocycles. The van der Waals surface area contributed by atoms with Gasteiger partial charge in [-0.1, -0.05) is 58.0 Å². The van der Waals surface area contributed by atoms with E-state index in [4.69, 9.17) is 14.5 Å². The summed E-state index contributed by atoms with van der Waals surface area (Å²) in [5.74, 6) is -1.86. The molecule has 348 valence electrons. The van der Waals surface area contributed by atoms with Gasteiger partial charge in [-0.25, -0.2) is 5.43 Å². The molecule has 0 spiro atoms. The van der Waals surface area contributed by atoms with Gasteiger partial charge in [0.15, 0.2) is 0 Å². The maximum Gasteiger partial charge on any atom is 0.259 e. The Morgan fingerprint density at radius 2 is 1.83 bits per heavy atom. The minimum atomic E-state index is -1.18. The number of aldehydes is 1. The fraction of sp³-hybridized carbons (Fsp3) is 0.529. The number of aromatic nitrogens is 2. The van der Waals surface area contributed by atoms with Crippen molar-refractivity contribution in [3.8, 4) is 22.4 Å². The number of likely N-dealkylation sites (N-methyl/N-ethyl adjacent to an activating group) is 1. The molecule has 6 bridgehead atoms. The third-order valence-corrected chi connectivity index (χ3v) is 13.6. The van der Waals surface area contributed by atoms with Crippen molar-refractivity contribution in [2.24, 2.45) is 17.3 Å². The molecule has 2 aromatic heterocycles. The number of nitrogens with one attached hydrogen (secondary N) is 2. The van der Waals surface area contributed by atoms with Crippen molar-refractivity contribution in [1.82, 2.24) is 35.1 Å². The lowest BCUT2D eigenvalue weighted by molar-refractivity contribution is -0.148. The van der Waals surface area contributed by atoms with Crippen LogP contribution in [0.15, 0.2) is 60.8 Å². The Hall–Kier alpha value is -5.44. The first-order chi connectivity index (χ1) is 31.0. The minimum Gasteiger partial charge on any atom is -0.378 e. The molecule has 0 saturated carbocycles. The number of aryl methyl sites for hydroxylation is 1. The molecule has 0 aliphatic carbocycles. The summed E-state index contributed by atoms with van der Waals surface area (Å²) in [6.45, 7) is 16.0. The predicted molar refractivity (Wildman–Crippen MR) is 250 cm³/mol. The number of ether oxygens (including phenoxy) is 2. The molecule has 2 aromatic carbocycles. The number of likely N-dealkylation sites (tertiary alicyclic amines) is 1. The average molecular weight is 890 g/mol. The van der Waals surface area contributed by atoms with E-state index < -0.39 is 40.8 Å². The van der Waals surface area contributed by atoms with Crippen molar-refractivity contribution in [2.75, 3.05) is 47.0 Å². The zero-order chi connectivity index (χ0) is 46.8. The van der Waals surface area contributed by atoms with Gasteiger partial charge < -0.3 is 34.0 Å². The van der Waals surface area contributed by atoms with Crippen molar-refractivity contribution in [2.45, 2.75) is 111 Å². The second-order valence-electron chi connectivity index (χ2n) is 19.5. The van der Waals surface area contributed by atoms with Crippen LogP contribution < -0.4 is 10.7 Å². The number of hydrogen-bond donors (Lipinski definition) is 2. The number of benzene rings is 2. The van der Waals surface area contributed by atoms with Crippen molar-refractivity contribution in [3.05, 3.63) is 77.6 Å². The molecular formula is C51H67N7O7. The van der Waals surface area contributed by atoms with Crippen LogP contribution in [0.4, 0.5) is 0 Å². The quantitative estimate of drug-likeness (QED) is 0.179. The highest BCUT2D eigenvalue weighted by atomic mass is 16.5. The first-order valence-electron chi connectivity index (χ1n) is 23.2. The van der Waals surface area contributed by atoms with Crippen LogP contribution >= 0.6 is 0 Å². The number of amides is 4. The molecule has 65 heavy (non-hydrogen) atoms. The summed E-state index contributed by atoms with van der Waals surface area (Å²) in [6.07, 6.45) is 4.74. The van der Waals surface area contributed by atoms with Gasteiger partial charge in [-0.2, -0.15) is 0 Å². The molecule has 4 amide bonds. The summed E-state index contributed by atoms with van der Waals surface area (Å²) in [4.78, 5) is 76.3. The van der Waals surface area contributed by atoms with Crippen LogP contribution in [0.3, 0.4) is 0 Å². The fourth-order valence-corrected chi connectivity index (χ4v) is 10.2. The van der Waals surface area contributed by atoms with E-state index in [1.807, 2.05) is 45.2 Å². The lowest BCUT2D eigenvalue weighted by atomic mass is 9.84. The van der Waals surface area contributed by atoms with Gasteiger partial charge in [0.25, 0.3) is 5.91 Å². The summed E-state index contributed by atoms with van der Waals surface area (Å²) in [5.41, 5.74) is 9.68. The lowest BCUT2D eigenvalue weighted by Gasteiger charge is -2.42. The number of rotatable bonds is 10. The van der Waals surface area contributed by atoms with E-state index in [0.29, 0.717) is 51.9 Å². The molecule has 3 aliphatic rings. The van der Waals surface area contributed by atoms with Gasteiger partial charge in [0, 0.05) is 76.3 Å². The smallest absolute Gasteiger partial charge is 0.259 e. The van der Waals surface area contributed by atoms with Crippen LogP contribution in [-0.4, -0.2) is 119 Å². The van der Waals surface area contributed by atoms with Crippen LogP contribution in [0.1, 0.15) is 90.7 Å². The highest BCUT2D eigenvalue weighted by molar-refractivity contribution is 5.96. The zero-order valence-corrected chi connectivity index (χ0v) is 39.6. The Morgan fingerprint density at radius 3 is 2.52 bits per heavy atom. The number of fused-ring (bicyclic) bond motifs is 6. The van der Waals surface area contributed by atoms with Gasteiger partial charge in [0.2, 0.25) is 17.7 Å². The molecule has 4 aromatic rings. The van der Waals surface area contributed by atoms with Crippen LogP contribution in [-0.2, 0) is 52.8 Å². The maximum absolute atomic E-state index is 14.8. The molecule has 5 atom stereocenters. The summed E-state index contributed by atoms with van der Waals surface area (Å²) in [7, 11) is 3.32. The van der Waals surface area contributed by atoms with Gasteiger partial charge in [0.05, 0.1) is 36.6 Å². The maximum atomic E-state index is 14.8. The molecule has 14 nitrogen and oxygen atoms in total. The van der Waals surface area contributed by atoms with Gasteiger partial charge in [-0.05, 0) is 97.4 Å². The molecular weight excluding hydrogens is 823 g/mol. The first-order valence-corrected chi connectivity index (χ1v) is 23.2. The fourth-order valence-electron chi connectivity index (χ4n) is 10.2. The topological polar surface area (TPSA) is 155 Å². The minimum absolute atomic E-state index is 0.0408. The Kier molecular flexibility index (Phi) is 14.3. The molecule has 14 heteroatoms. The highest BCUT2D eigenvalue weighted by Crippen LogP contribution is 2.42. The number of hydrazine groups is 1. The van der Waals surface area contributed by atoms with E-state index in [0.717, 1.165) is 57.4 Å². The number of methoxy groups -OCH3 is 1. The summed E-state index contributed by atoms with van der Waals surface area (Å²) in [5, 5.41) is 5.65. The molecule has 1 unspecified atom stereocenters. The van der Waals surface area contributed by atoms with Crippen LogP contribution in [0, 0.1) is 17.3 Å². The molecule has 2 fully saturated rings. The summed E-state index contributed by atoms with van der Waals surface area (Å²) in [6, 6.07) is 16.8. The van der Waals surface area contributed by atoms with E-state index in [1.54, 1.807) is 19.1 Å². The Labute approximate surface area is 383 Å². The van der Waals surface area contributed by atoms with Crippen molar-refractivity contribution >= 4 is 40.8 Å². The summed E-state index contributed by atoms with van der Waals surface area (Å²) < 4.78 is 14.7. The third-order valence-electron chi connectivity index (χ3n) is 13.6. The van der Waals surface area contributed by atoms with Crippen LogP contribution in [0.25, 0.3) is 33.3 Å². The van der Waals surface area contributed by atoms with Gasteiger partial charge in [-0.3, -0.25) is 29.2 Å². The standard InChI is InChI=1S/C51H67N7O7/c1-10-57-43-18-17-37-26-40(43)41(46(57)39-16-12-21-52-44(39)33(4)64-9)27-50(6,7)30-65-31-51(29-59)20-13-22-58(54-51)49(63)42(25-35-14-11-15-36(37)24-35)53-47(61)45(32(2)3)55(8)48(62)38-19-23-56(28-38)34(5)60/h11-12,14-18,21,24,26,29,32-33,38,42,45,54H,10,13,19-20,22-23,25,27-28,30-31H2,1-9H3,(H,53,61)/t33-,38-,42-,45-,51?/m0/s1. The predicted octanol–water partition coefficient (Wildman–Crippen LogP) is 6.14. The van der Waals surface area contributed by atoms with E-state index in [-0.39, 0.29) is 36.9 Å². The Morgan fingerprint density at radius 1 is 1.06 bits per heavy atom. The lowest BCUT2D eigenvalue weighted by Crippen LogP contribution is -2.66. The summed E-state index contributed by atoms with van der Waals surface area (Å²) >= 11 is 0. The first kappa shape index (κ1) is 47.5. The average Bonchev–Trinajstić information content (AvgIpc) is 3.91. The second-order valence-corrected chi connectivity index (χ2v) is 19.5.